The maximum atomic E-state index is 14.5. The van der Waals surface area contributed by atoms with Gasteiger partial charge < -0.3 is 10.0 Å². The molecule has 4 atom stereocenters. The minimum absolute atomic E-state index is 0.0675. The Morgan fingerprint density at radius 2 is 1.79 bits per heavy atom. The Labute approximate surface area is 234 Å². The third kappa shape index (κ3) is 6.19. The van der Waals surface area contributed by atoms with Crippen LogP contribution in [0.25, 0.3) is 0 Å². The molecule has 4 rings (SSSR count). The van der Waals surface area contributed by atoms with Crippen LogP contribution in [0.1, 0.15) is 69.0 Å². The van der Waals surface area contributed by atoms with E-state index in [4.69, 9.17) is 23.2 Å². The van der Waals surface area contributed by atoms with Gasteiger partial charge in [0.15, 0.2) is 0 Å². The summed E-state index contributed by atoms with van der Waals surface area (Å²) in [5, 5.41) is 11.0. The molecule has 4 unspecified atom stereocenters. The van der Waals surface area contributed by atoms with Gasteiger partial charge in [0, 0.05) is 28.5 Å². The Bertz CT molecular complexity index is 1280. The van der Waals surface area contributed by atoms with Crippen LogP contribution in [0.4, 0.5) is 0 Å². The SMILES string of the molecule is CCC1(CC(=O)O)CC(c2cccc(Cl)c2)C(c2ccc(Cl)cc2)N(C(CNS(=O)(=O)CC)C2CC2)C1=O. The fraction of sp³-hybridized carbons (Fsp3) is 0.500. The zero-order valence-corrected chi connectivity index (χ0v) is 23.9. The Hall–Kier alpha value is -2.13. The molecule has 0 spiro atoms. The van der Waals surface area contributed by atoms with Gasteiger partial charge >= 0.3 is 5.97 Å². The molecular weight excluding hydrogens is 547 g/mol. The lowest BCUT2D eigenvalue weighted by atomic mass is 9.64. The topological polar surface area (TPSA) is 104 Å². The number of likely N-dealkylation sites (tertiary alicyclic amines) is 1. The summed E-state index contributed by atoms with van der Waals surface area (Å²) >= 11 is 12.6. The largest absolute Gasteiger partial charge is 0.481 e. The molecule has 0 radical (unpaired) electrons. The molecule has 1 aliphatic carbocycles. The summed E-state index contributed by atoms with van der Waals surface area (Å²) in [6, 6.07) is 13.9. The fourth-order valence-electron chi connectivity index (χ4n) is 5.81. The first-order valence-corrected chi connectivity index (χ1v) is 15.4. The second-order valence-electron chi connectivity index (χ2n) is 10.4. The van der Waals surface area contributed by atoms with Crippen LogP contribution >= 0.6 is 23.2 Å². The van der Waals surface area contributed by atoms with E-state index >= 15 is 0 Å². The van der Waals surface area contributed by atoms with Crippen molar-refractivity contribution in [3.05, 3.63) is 69.7 Å². The maximum Gasteiger partial charge on any atom is 0.304 e. The van der Waals surface area contributed by atoms with Crippen LogP contribution in [-0.4, -0.2) is 48.6 Å². The highest BCUT2D eigenvalue weighted by Gasteiger charge is 2.55. The van der Waals surface area contributed by atoms with Crippen molar-refractivity contribution in [2.75, 3.05) is 12.3 Å². The van der Waals surface area contributed by atoms with Crippen molar-refractivity contribution in [1.29, 1.82) is 0 Å². The lowest BCUT2D eigenvalue weighted by Gasteiger charge is -2.53. The van der Waals surface area contributed by atoms with Crippen LogP contribution in [-0.2, 0) is 19.6 Å². The van der Waals surface area contributed by atoms with Crippen LogP contribution in [0.2, 0.25) is 10.0 Å². The lowest BCUT2D eigenvalue weighted by molar-refractivity contribution is -0.162. The summed E-state index contributed by atoms with van der Waals surface area (Å²) in [6.07, 6.45) is 2.11. The molecule has 1 heterocycles. The van der Waals surface area contributed by atoms with Crippen molar-refractivity contribution < 1.29 is 23.1 Å². The lowest BCUT2D eigenvalue weighted by Crippen LogP contribution is -2.59. The van der Waals surface area contributed by atoms with Crippen molar-refractivity contribution in [2.45, 2.75) is 64.0 Å². The normalized spacial score (nSPS) is 24.8. The van der Waals surface area contributed by atoms with E-state index in [1.165, 1.54) is 0 Å². The number of hydrogen-bond donors (Lipinski definition) is 2. The molecule has 1 amide bonds. The van der Waals surface area contributed by atoms with Crippen molar-refractivity contribution in [2.24, 2.45) is 11.3 Å². The van der Waals surface area contributed by atoms with Gasteiger partial charge in [-0.1, -0.05) is 54.4 Å². The molecule has 1 saturated heterocycles. The number of nitrogens with zero attached hydrogens (tertiary/aromatic N) is 1. The summed E-state index contributed by atoms with van der Waals surface area (Å²) in [5.41, 5.74) is 0.622. The average Bonchev–Trinajstić information content (AvgIpc) is 3.72. The Morgan fingerprint density at radius 3 is 2.34 bits per heavy atom. The molecule has 38 heavy (non-hydrogen) atoms. The summed E-state index contributed by atoms with van der Waals surface area (Å²) < 4.78 is 27.6. The fourth-order valence-corrected chi connectivity index (χ4v) is 6.76. The number of piperidine rings is 1. The minimum Gasteiger partial charge on any atom is -0.481 e. The number of amides is 1. The van der Waals surface area contributed by atoms with E-state index in [1.807, 2.05) is 37.3 Å². The van der Waals surface area contributed by atoms with Gasteiger partial charge in [-0.25, -0.2) is 13.1 Å². The molecule has 2 aliphatic rings. The van der Waals surface area contributed by atoms with Crippen LogP contribution in [0.5, 0.6) is 0 Å². The van der Waals surface area contributed by atoms with Gasteiger partial charge in [-0.3, -0.25) is 9.59 Å². The van der Waals surface area contributed by atoms with Crippen molar-refractivity contribution >= 4 is 45.1 Å². The van der Waals surface area contributed by atoms with E-state index < -0.39 is 33.5 Å². The van der Waals surface area contributed by atoms with E-state index in [-0.39, 0.29) is 36.5 Å². The number of benzene rings is 2. The van der Waals surface area contributed by atoms with Crippen LogP contribution in [0, 0.1) is 11.3 Å². The van der Waals surface area contributed by atoms with E-state index in [0.29, 0.717) is 22.9 Å². The molecule has 2 aromatic rings. The molecule has 2 N–H and O–H groups in total. The molecule has 7 nitrogen and oxygen atoms in total. The van der Waals surface area contributed by atoms with Crippen LogP contribution in [0.15, 0.2) is 48.5 Å². The monoisotopic (exact) mass is 580 g/mol. The van der Waals surface area contributed by atoms with Gasteiger partial charge in [0.05, 0.1) is 23.6 Å². The molecular formula is C28H34Cl2N2O5S. The predicted octanol–water partition coefficient (Wildman–Crippen LogP) is 5.64. The molecule has 1 aliphatic heterocycles. The van der Waals surface area contributed by atoms with E-state index in [2.05, 4.69) is 4.72 Å². The van der Waals surface area contributed by atoms with E-state index in [9.17, 15) is 23.1 Å². The van der Waals surface area contributed by atoms with Crippen molar-refractivity contribution in [1.82, 2.24) is 9.62 Å². The first kappa shape index (κ1) is 28.9. The highest BCUT2D eigenvalue weighted by molar-refractivity contribution is 7.89. The number of aliphatic carboxylic acids is 1. The first-order chi connectivity index (χ1) is 18.0. The smallest absolute Gasteiger partial charge is 0.304 e. The van der Waals surface area contributed by atoms with Gasteiger partial charge in [-0.2, -0.15) is 0 Å². The second-order valence-corrected chi connectivity index (χ2v) is 13.4. The molecule has 2 aromatic carbocycles. The predicted molar refractivity (Wildman–Crippen MR) is 149 cm³/mol. The molecule has 1 saturated carbocycles. The standard InChI is InChI=1S/C28H34Cl2N2O5S/c1-3-28(16-25(33)34)15-23(20-6-5-7-22(30)14-20)26(19-10-12-21(29)13-11-19)32(27(28)35)24(18-8-9-18)17-31-38(36,37)4-2/h5-7,10-14,18,23-24,26,31H,3-4,8-9,15-17H2,1-2H3,(H,33,34). The maximum absolute atomic E-state index is 14.5. The molecule has 10 heteroatoms. The summed E-state index contributed by atoms with van der Waals surface area (Å²) in [4.78, 5) is 28.4. The summed E-state index contributed by atoms with van der Waals surface area (Å²) in [6.45, 7) is 3.50. The van der Waals surface area contributed by atoms with Gasteiger partial charge in [-0.05, 0) is 73.9 Å². The first-order valence-electron chi connectivity index (χ1n) is 13.0. The highest BCUT2D eigenvalue weighted by Crippen LogP contribution is 2.55. The van der Waals surface area contributed by atoms with Crippen LogP contribution < -0.4 is 4.72 Å². The zero-order valence-electron chi connectivity index (χ0n) is 21.6. The molecule has 206 valence electrons. The number of carboxylic acids is 1. The van der Waals surface area contributed by atoms with Gasteiger partial charge in [0.1, 0.15) is 0 Å². The number of carbonyl (C=O) groups excluding carboxylic acids is 1. The number of sulfonamides is 1. The van der Waals surface area contributed by atoms with Crippen molar-refractivity contribution in [3.63, 3.8) is 0 Å². The van der Waals surface area contributed by atoms with Gasteiger partial charge in [0.25, 0.3) is 0 Å². The van der Waals surface area contributed by atoms with Gasteiger partial charge in [0.2, 0.25) is 15.9 Å². The number of halogens is 2. The summed E-state index contributed by atoms with van der Waals surface area (Å²) in [7, 11) is -3.51. The third-order valence-corrected chi connectivity index (χ3v) is 9.90. The Morgan fingerprint density at radius 1 is 1.11 bits per heavy atom. The number of hydrogen-bond acceptors (Lipinski definition) is 4. The highest BCUT2D eigenvalue weighted by atomic mass is 35.5. The molecule has 2 fully saturated rings. The quantitative estimate of drug-likeness (QED) is 0.358. The van der Waals surface area contributed by atoms with Crippen molar-refractivity contribution in [3.8, 4) is 0 Å². The zero-order chi connectivity index (χ0) is 27.7. The second kappa shape index (κ2) is 11.5. The minimum atomic E-state index is -3.51. The summed E-state index contributed by atoms with van der Waals surface area (Å²) in [5.74, 6) is -1.50. The molecule has 0 aromatic heterocycles. The van der Waals surface area contributed by atoms with E-state index in [0.717, 1.165) is 24.0 Å². The van der Waals surface area contributed by atoms with Crippen LogP contribution in [0.3, 0.4) is 0 Å². The van der Waals surface area contributed by atoms with Gasteiger partial charge in [-0.15, -0.1) is 0 Å². The average molecular weight is 582 g/mol. The third-order valence-electron chi connectivity index (χ3n) is 8.05. The number of rotatable bonds is 11. The molecule has 0 bridgehead atoms. The van der Waals surface area contributed by atoms with E-state index in [1.54, 1.807) is 30.0 Å². The Balaban J connectivity index is 1.91. The number of carboxylic acid groups (broad SMARTS) is 1. The Kier molecular flexibility index (Phi) is 8.77. The number of carbonyl (C=O) groups is 2. The number of nitrogens with one attached hydrogen (secondary N) is 1.